The number of benzene rings is 2. The van der Waals surface area contributed by atoms with Crippen LogP contribution in [0.5, 0.6) is 11.5 Å². The largest absolute Gasteiger partial charge is 0.490 e. The van der Waals surface area contributed by atoms with Crippen LogP contribution < -0.4 is 9.47 Å². The van der Waals surface area contributed by atoms with Gasteiger partial charge in [0.05, 0.1) is 47.3 Å². The lowest BCUT2D eigenvalue weighted by atomic mass is 10.2. The first kappa shape index (κ1) is 37.0. The van der Waals surface area contributed by atoms with Crippen LogP contribution in [-0.4, -0.2) is 87.7 Å². The summed E-state index contributed by atoms with van der Waals surface area (Å²) in [5.74, 6) is -1.90. The average Bonchev–Trinajstić information content (AvgIpc) is 3.44. The predicted molar refractivity (Wildman–Crippen MR) is 172 cm³/mol. The van der Waals surface area contributed by atoms with Crippen molar-refractivity contribution in [1.29, 1.82) is 0 Å². The van der Waals surface area contributed by atoms with Crippen LogP contribution in [-0.2, 0) is 13.9 Å². The molecule has 1 heterocycles. The van der Waals surface area contributed by atoms with Gasteiger partial charge in [-0.2, -0.15) is 0 Å². The van der Waals surface area contributed by atoms with Gasteiger partial charge in [0.15, 0.2) is 18.4 Å². The zero-order chi connectivity index (χ0) is 34.6. The Balaban J connectivity index is 1.95. The van der Waals surface area contributed by atoms with E-state index in [1.807, 2.05) is 4.90 Å². The fourth-order valence-electron chi connectivity index (χ4n) is 4.52. The van der Waals surface area contributed by atoms with E-state index in [0.29, 0.717) is 19.5 Å². The third-order valence-electron chi connectivity index (χ3n) is 8.10. The SMILES string of the molecule is COC(=O)c1cc(OCC(COc2cc(C(=O)OC)cc([N+](=O)[O-])c2Cl)N2CC[C@H](O[Si](C)(C)C(C)(C)C)C2)c(Cl)c([N+](=O)[O-])c1. The predicted octanol–water partition coefficient (Wildman–Crippen LogP) is 6.31. The summed E-state index contributed by atoms with van der Waals surface area (Å²) in [6, 6.07) is 3.91. The summed E-state index contributed by atoms with van der Waals surface area (Å²) >= 11 is 12.6. The molecule has 252 valence electrons. The van der Waals surface area contributed by atoms with Gasteiger partial charge < -0.3 is 23.4 Å². The Kier molecular flexibility index (Phi) is 12.0. The first-order valence-corrected chi connectivity index (χ1v) is 17.9. The summed E-state index contributed by atoms with van der Waals surface area (Å²) in [6.07, 6.45) is 0.611. The third-order valence-corrected chi connectivity index (χ3v) is 13.4. The molecule has 0 aliphatic carbocycles. The number of halogens is 2. The minimum atomic E-state index is -2.11. The van der Waals surface area contributed by atoms with Gasteiger partial charge in [-0.1, -0.05) is 44.0 Å². The molecule has 0 bridgehead atoms. The molecule has 0 radical (unpaired) electrons. The molecule has 0 amide bonds. The van der Waals surface area contributed by atoms with Gasteiger partial charge in [0, 0.05) is 25.2 Å². The number of rotatable bonds is 13. The van der Waals surface area contributed by atoms with E-state index >= 15 is 0 Å². The van der Waals surface area contributed by atoms with Crippen LogP contribution in [0.25, 0.3) is 0 Å². The van der Waals surface area contributed by atoms with Gasteiger partial charge in [0.2, 0.25) is 0 Å². The molecule has 1 aliphatic heterocycles. The molecule has 17 heteroatoms. The number of hydrogen-bond donors (Lipinski definition) is 0. The van der Waals surface area contributed by atoms with Crippen LogP contribution in [0.15, 0.2) is 24.3 Å². The highest BCUT2D eigenvalue weighted by atomic mass is 35.5. The van der Waals surface area contributed by atoms with Gasteiger partial charge >= 0.3 is 11.9 Å². The van der Waals surface area contributed by atoms with Crippen LogP contribution in [0.4, 0.5) is 11.4 Å². The van der Waals surface area contributed by atoms with Gasteiger partial charge in [0.1, 0.15) is 24.7 Å². The Morgan fingerprint density at radius 1 is 0.913 bits per heavy atom. The van der Waals surface area contributed by atoms with E-state index < -0.39 is 47.5 Å². The average molecular weight is 703 g/mol. The van der Waals surface area contributed by atoms with E-state index in [2.05, 4.69) is 33.9 Å². The monoisotopic (exact) mass is 701 g/mol. The van der Waals surface area contributed by atoms with Gasteiger partial charge in [0.25, 0.3) is 11.4 Å². The molecule has 1 atom stereocenters. The highest BCUT2D eigenvalue weighted by molar-refractivity contribution is 6.74. The first-order chi connectivity index (χ1) is 21.4. The van der Waals surface area contributed by atoms with Crippen molar-refractivity contribution in [1.82, 2.24) is 4.90 Å². The number of nitrogens with zero attached hydrogens (tertiary/aromatic N) is 3. The minimum Gasteiger partial charge on any atom is -0.490 e. The summed E-state index contributed by atoms with van der Waals surface area (Å²) < 4.78 is 28.0. The number of nitro groups is 2. The Morgan fingerprint density at radius 2 is 1.35 bits per heavy atom. The van der Waals surface area contributed by atoms with Gasteiger partial charge in [-0.15, -0.1) is 0 Å². The molecule has 1 aliphatic rings. The van der Waals surface area contributed by atoms with Crippen molar-refractivity contribution in [3.63, 3.8) is 0 Å². The topological polar surface area (TPSA) is 170 Å². The van der Waals surface area contributed by atoms with Gasteiger partial charge in [-0.05, 0) is 36.7 Å². The van der Waals surface area contributed by atoms with Crippen LogP contribution in [0, 0.1) is 20.2 Å². The Morgan fingerprint density at radius 3 is 1.72 bits per heavy atom. The van der Waals surface area contributed by atoms with Crippen molar-refractivity contribution < 1.29 is 42.8 Å². The molecule has 0 saturated carbocycles. The maximum Gasteiger partial charge on any atom is 0.338 e. The Bertz CT molecular complexity index is 1410. The molecule has 0 aromatic heterocycles. The Hall–Kier alpha value is -3.50. The van der Waals surface area contributed by atoms with E-state index in [1.54, 1.807) is 0 Å². The molecule has 2 aromatic rings. The molecule has 3 rings (SSSR count). The van der Waals surface area contributed by atoms with Gasteiger partial charge in [-0.25, -0.2) is 9.59 Å². The van der Waals surface area contributed by atoms with E-state index in [1.165, 1.54) is 12.1 Å². The van der Waals surface area contributed by atoms with Crippen LogP contribution in [0.2, 0.25) is 28.2 Å². The number of likely N-dealkylation sites (tertiary alicyclic amines) is 1. The zero-order valence-corrected chi connectivity index (χ0v) is 29.1. The van der Waals surface area contributed by atoms with E-state index in [-0.39, 0.29) is 57.0 Å². The molecule has 14 nitrogen and oxygen atoms in total. The number of nitro benzene ring substituents is 2. The smallest absolute Gasteiger partial charge is 0.338 e. The van der Waals surface area contributed by atoms with Crippen molar-refractivity contribution in [3.8, 4) is 11.5 Å². The fraction of sp³-hybridized carbons (Fsp3) is 0.517. The zero-order valence-electron chi connectivity index (χ0n) is 26.6. The molecule has 0 N–H and O–H groups in total. The molecule has 0 spiro atoms. The quantitative estimate of drug-likeness (QED) is 0.0989. The highest BCUT2D eigenvalue weighted by Crippen LogP contribution is 2.40. The summed E-state index contributed by atoms with van der Waals surface area (Å²) in [6.45, 7) is 11.6. The first-order valence-electron chi connectivity index (χ1n) is 14.2. The number of carbonyl (C=O) groups excluding carboxylic acids is 2. The Labute approximate surface area is 277 Å². The van der Waals surface area contributed by atoms with Crippen LogP contribution in [0.3, 0.4) is 0 Å². The van der Waals surface area contributed by atoms with E-state index in [4.69, 9.17) is 46.6 Å². The second kappa shape index (κ2) is 14.9. The minimum absolute atomic E-state index is 0.0156. The lowest BCUT2D eigenvalue weighted by molar-refractivity contribution is -0.384. The third kappa shape index (κ3) is 8.64. The highest BCUT2D eigenvalue weighted by Gasteiger charge is 2.41. The maximum absolute atomic E-state index is 12.2. The lowest BCUT2D eigenvalue weighted by Gasteiger charge is -2.38. The van der Waals surface area contributed by atoms with Crippen molar-refractivity contribution in [2.75, 3.05) is 40.5 Å². The number of carbonyl (C=O) groups is 2. The summed E-state index contributed by atoms with van der Waals surface area (Å²) in [4.78, 5) is 48.3. The van der Waals surface area contributed by atoms with Crippen LogP contribution >= 0.6 is 23.2 Å². The van der Waals surface area contributed by atoms with Crippen molar-refractivity contribution in [3.05, 3.63) is 65.7 Å². The normalized spacial score (nSPS) is 15.5. The maximum atomic E-state index is 12.2. The molecule has 1 saturated heterocycles. The molecule has 1 fully saturated rings. The molecule has 46 heavy (non-hydrogen) atoms. The standard InChI is InChI=1S/C29H37Cl2N3O11Si/c1-29(2,3)46(6,7)45-20-8-9-32(14-20)19(15-43-23-12-17(27(35)41-4)10-21(25(23)30)33(37)38)16-44-24-13-18(28(36)42-5)11-22(26(24)31)34(39)40/h10-13,19-20H,8-9,14-16H2,1-7H3/t20-/m0/s1. The molecular formula is C29H37Cl2N3O11Si. The molecule has 0 unspecified atom stereocenters. The van der Waals surface area contributed by atoms with E-state index in [0.717, 1.165) is 26.4 Å². The van der Waals surface area contributed by atoms with Crippen molar-refractivity contribution in [2.24, 2.45) is 0 Å². The molecular weight excluding hydrogens is 665 g/mol. The number of esters is 2. The summed E-state index contributed by atoms with van der Waals surface area (Å²) in [5, 5.41) is 22.7. The lowest BCUT2D eigenvalue weighted by Crippen LogP contribution is -2.46. The summed E-state index contributed by atoms with van der Waals surface area (Å²) in [5.41, 5.74) is -1.36. The molecule has 2 aromatic carbocycles. The second-order valence-electron chi connectivity index (χ2n) is 12.2. The summed E-state index contributed by atoms with van der Waals surface area (Å²) in [7, 11) is 0.165. The van der Waals surface area contributed by atoms with Crippen molar-refractivity contribution in [2.45, 2.75) is 57.5 Å². The number of hydrogen-bond acceptors (Lipinski definition) is 12. The second-order valence-corrected chi connectivity index (χ2v) is 17.7. The van der Waals surface area contributed by atoms with Crippen LogP contribution in [0.1, 0.15) is 47.9 Å². The number of methoxy groups -OCH3 is 2. The van der Waals surface area contributed by atoms with Crippen molar-refractivity contribution >= 4 is 54.8 Å². The fourth-order valence-corrected chi connectivity index (χ4v) is 6.36. The number of ether oxygens (including phenoxy) is 4. The van der Waals surface area contributed by atoms with Gasteiger partial charge in [-0.3, -0.25) is 25.1 Å². The van der Waals surface area contributed by atoms with E-state index in [9.17, 15) is 29.8 Å².